The molecule has 4 nitrogen and oxygen atoms in total. The number of hydrogen-bond donors (Lipinski definition) is 3. The summed E-state index contributed by atoms with van der Waals surface area (Å²) in [5.74, 6) is 0. The number of para-hydroxylation sites is 2. The molecule has 1 aromatic heterocycles. The van der Waals surface area contributed by atoms with E-state index in [9.17, 15) is 0 Å². The summed E-state index contributed by atoms with van der Waals surface area (Å²) in [5.41, 5.74) is 9.52. The lowest BCUT2D eigenvalue weighted by molar-refractivity contribution is 0.203. The van der Waals surface area contributed by atoms with Gasteiger partial charge >= 0.3 is 0 Å². The van der Waals surface area contributed by atoms with Crippen LogP contribution in [-0.4, -0.2) is 4.57 Å². The van der Waals surface area contributed by atoms with Crippen molar-refractivity contribution in [2.45, 2.75) is 18.5 Å². The van der Waals surface area contributed by atoms with Crippen LogP contribution in [0.5, 0.6) is 0 Å². The molecule has 1 aliphatic rings. The van der Waals surface area contributed by atoms with Gasteiger partial charge in [0.25, 0.3) is 0 Å². The zero-order valence-corrected chi connectivity index (χ0v) is 30.2. The quantitative estimate of drug-likeness (QED) is 0.156. The van der Waals surface area contributed by atoms with Crippen molar-refractivity contribution in [2.75, 3.05) is 0 Å². The van der Waals surface area contributed by atoms with Crippen LogP contribution in [0.1, 0.15) is 35.2 Å². The van der Waals surface area contributed by atoms with E-state index in [2.05, 4.69) is 215 Å². The Hall–Kier alpha value is -6.56. The van der Waals surface area contributed by atoms with Crippen molar-refractivity contribution in [3.8, 4) is 16.8 Å². The van der Waals surface area contributed by atoms with Crippen LogP contribution in [-0.2, 0) is 0 Å². The molecule has 0 spiro atoms. The number of nitrogens with one attached hydrogen (secondary N) is 3. The van der Waals surface area contributed by atoms with Crippen LogP contribution in [0.2, 0.25) is 0 Å². The molecule has 10 aromatic rings. The fraction of sp³-hybridized carbons (Fsp3) is 0.0588. The highest BCUT2D eigenvalue weighted by atomic mass is 15.4. The second-order valence-electron chi connectivity index (χ2n) is 14.7. The summed E-state index contributed by atoms with van der Waals surface area (Å²) < 4.78 is 2.39. The van der Waals surface area contributed by atoms with Crippen LogP contribution in [0.4, 0.5) is 0 Å². The maximum atomic E-state index is 3.95. The molecule has 3 N–H and O–H groups in total. The Morgan fingerprint density at radius 1 is 0.291 bits per heavy atom. The number of rotatable bonds is 5. The molecular weight excluding hydrogens is 669 g/mol. The number of aromatic nitrogens is 1. The van der Waals surface area contributed by atoms with Crippen LogP contribution in [0, 0.1) is 0 Å². The topological polar surface area (TPSA) is 41.0 Å². The smallest absolute Gasteiger partial charge is 0.0865 e. The highest BCUT2D eigenvalue weighted by Crippen LogP contribution is 2.38. The van der Waals surface area contributed by atoms with Crippen molar-refractivity contribution in [3.63, 3.8) is 0 Å². The lowest BCUT2D eigenvalue weighted by Gasteiger charge is -2.40. The Kier molecular flexibility index (Phi) is 7.59. The molecule has 2 heterocycles. The number of nitrogens with zero attached hydrogens (tertiary/aromatic N) is 1. The van der Waals surface area contributed by atoms with E-state index in [1.165, 1.54) is 81.9 Å². The van der Waals surface area contributed by atoms with Gasteiger partial charge in [-0.15, -0.1) is 0 Å². The Balaban J connectivity index is 0.990. The van der Waals surface area contributed by atoms with E-state index in [-0.39, 0.29) is 18.5 Å². The van der Waals surface area contributed by atoms with E-state index in [0.717, 1.165) is 5.69 Å². The fourth-order valence-corrected chi connectivity index (χ4v) is 8.90. The van der Waals surface area contributed by atoms with Crippen molar-refractivity contribution < 1.29 is 0 Å². The first-order valence-electron chi connectivity index (χ1n) is 19.1. The van der Waals surface area contributed by atoms with Gasteiger partial charge in [-0.1, -0.05) is 158 Å². The zero-order chi connectivity index (χ0) is 36.3. The number of benzene rings is 9. The van der Waals surface area contributed by atoms with E-state index in [1.54, 1.807) is 0 Å². The SMILES string of the molecule is c1ccc(C2NC(c3cccc(-c4ccc5c6ccccc6c6ccccc6c5c4)c3)NC(c3cccc(-n4c5ccccc5c5ccccc54)c3)N2)cc1. The zero-order valence-electron chi connectivity index (χ0n) is 30.2. The molecule has 0 bridgehead atoms. The minimum atomic E-state index is -0.117. The molecule has 1 aliphatic heterocycles. The molecule has 262 valence electrons. The molecule has 3 unspecified atom stereocenters. The minimum absolute atomic E-state index is 0.0710. The van der Waals surface area contributed by atoms with Crippen molar-refractivity contribution in [1.29, 1.82) is 0 Å². The van der Waals surface area contributed by atoms with Gasteiger partial charge in [0.1, 0.15) is 0 Å². The Morgan fingerprint density at radius 3 is 1.35 bits per heavy atom. The van der Waals surface area contributed by atoms with Gasteiger partial charge in [-0.3, -0.25) is 16.0 Å². The summed E-state index contributed by atoms with van der Waals surface area (Å²) in [4.78, 5) is 0. The van der Waals surface area contributed by atoms with E-state index >= 15 is 0 Å². The average molecular weight is 707 g/mol. The molecule has 4 heteroatoms. The molecule has 1 saturated heterocycles. The van der Waals surface area contributed by atoms with Gasteiger partial charge in [0.05, 0.1) is 29.5 Å². The summed E-state index contributed by atoms with van der Waals surface area (Å²) in [5, 5.41) is 22.0. The van der Waals surface area contributed by atoms with Crippen LogP contribution >= 0.6 is 0 Å². The maximum Gasteiger partial charge on any atom is 0.0865 e. The molecule has 0 amide bonds. The first-order chi connectivity index (χ1) is 27.3. The summed E-state index contributed by atoms with van der Waals surface area (Å²) in [6.45, 7) is 0. The van der Waals surface area contributed by atoms with Gasteiger partial charge in [0.15, 0.2) is 0 Å². The molecule has 0 radical (unpaired) electrons. The summed E-state index contributed by atoms with van der Waals surface area (Å²) in [6, 6.07) is 70.5. The Morgan fingerprint density at radius 2 is 0.727 bits per heavy atom. The molecule has 11 rings (SSSR count). The lowest BCUT2D eigenvalue weighted by Crippen LogP contribution is -2.54. The largest absolute Gasteiger partial charge is 0.309 e. The first-order valence-corrected chi connectivity index (χ1v) is 19.1. The second-order valence-corrected chi connectivity index (χ2v) is 14.7. The second kappa shape index (κ2) is 13.1. The summed E-state index contributed by atoms with van der Waals surface area (Å²) in [7, 11) is 0. The van der Waals surface area contributed by atoms with Gasteiger partial charge in [-0.05, 0) is 96.5 Å². The highest BCUT2D eigenvalue weighted by molar-refractivity contribution is 6.25. The van der Waals surface area contributed by atoms with Gasteiger partial charge in [-0.2, -0.15) is 0 Å². The van der Waals surface area contributed by atoms with Crippen LogP contribution in [0.25, 0.3) is 70.9 Å². The van der Waals surface area contributed by atoms with Crippen LogP contribution in [0.15, 0.2) is 194 Å². The average Bonchev–Trinajstić information content (AvgIpc) is 3.61. The predicted octanol–water partition coefficient (Wildman–Crippen LogP) is 12.1. The lowest BCUT2D eigenvalue weighted by atomic mass is 9.91. The maximum absolute atomic E-state index is 3.95. The third kappa shape index (κ3) is 5.42. The number of fused-ring (bicyclic) bond motifs is 9. The van der Waals surface area contributed by atoms with Crippen molar-refractivity contribution in [1.82, 2.24) is 20.5 Å². The molecule has 0 aliphatic carbocycles. The van der Waals surface area contributed by atoms with E-state index in [4.69, 9.17) is 0 Å². The van der Waals surface area contributed by atoms with Crippen LogP contribution < -0.4 is 16.0 Å². The first kappa shape index (κ1) is 31.9. The standard InChI is InChI=1S/C51H38N4/c1-2-14-33(15-3-1)49-52-50(54-51(53-49)37-18-13-19-38(31-37)55-47-26-10-8-24-44(47)45-25-9-11-27-48(45)55)36-17-12-16-34(30-36)35-28-29-43-41-22-5-4-20-39(41)40-21-6-7-23-42(40)46(43)32-35/h1-32,49-54H. The van der Waals surface area contributed by atoms with E-state index in [1.807, 2.05) is 0 Å². The highest BCUT2D eigenvalue weighted by Gasteiger charge is 2.30. The Labute approximate surface area is 319 Å². The van der Waals surface area contributed by atoms with Crippen molar-refractivity contribution in [2.24, 2.45) is 0 Å². The molecule has 3 atom stereocenters. The van der Waals surface area contributed by atoms with Gasteiger partial charge < -0.3 is 4.57 Å². The Bertz CT molecular complexity index is 2970. The molecular formula is C51H38N4. The summed E-state index contributed by atoms with van der Waals surface area (Å²) in [6.07, 6.45) is -0.301. The minimum Gasteiger partial charge on any atom is -0.309 e. The number of hydrogen-bond acceptors (Lipinski definition) is 3. The van der Waals surface area contributed by atoms with Crippen molar-refractivity contribution >= 4 is 54.1 Å². The van der Waals surface area contributed by atoms with E-state index in [0.29, 0.717) is 0 Å². The van der Waals surface area contributed by atoms with Gasteiger partial charge in [-0.25, -0.2) is 0 Å². The van der Waals surface area contributed by atoms with Crippen LogP contribution in [0.3, 0.4) is 0 Å². The molecule has 55 heavy (non-hydrogen) atoms. The third-order valence-electron chi connectivity index (χ3n) is 11.5. The fourth-order valence-electron chi connectivity index (χ4n) is 8.90. The summed E-state index contributed by atoms with van der Waals surface area (Å²) >= 11 is 0. The predicted molar refractivity (Wildman–Crippen MR) is 229 cm³/mol. The van der Waals surface area contributed by atoms with Gasteiger partial charge in [0, 0.05) is 16.5 Å². The van der Waals surface area contributed by atoms with Crippen molar-refractivity contribution in [3.05, 3.63) is 211 Å². The molecule has 0 saturated carbocycles. The third-order valence-corrected chi connectivity index (χ3v) is 11.5. The van der Waals surface area contributed by atoms with Gasteiger partial charge in [0.2, 0.25) is 0 Å². The van der Waals surface area contributed by atoms with E-state index < -0.39 is 0 Å². The molecule has 9 aromatic carbocycles. The monoisotopic (exact) mass is 706 g/mol. The molecule has 1 fully saturated rings. The normalized spacial score (nSPS) is 17.4.